The van der Waals surface area contributed by atoms with E-state index in [2.05, 4.69) is 34.0 Å². The van der Waals surface area contributed by atoms with Gasteiger partial charge in [-0.3, -0.25) is 9.59 Å². The van der Waals surface area contributed by atoms with Crippen molar-refractivity contribution in [2.75, 3.05) is 10.6 Å². The molecule has 132 valence electrons. The molecule has 0 aliphatic carbocycles. The maximum atomic E-state index is 11.6. The lowest BCUT2D eigenvalue weighted by Gasteiger charge is -2.05. The standard InChI is InChI=1S/C20H20N4O2/c1-13(2)19(25)21-15-5-9-17(10-6-15)23-24-18-11-7-16(8-12-18)22-20(26)14(3)4/h5-12H,1,3H2,2,4H3,(H,21,25)(H,22,26). The molecule has 2 aromatic carbocycles. The molecular weight excluding hydrogens is 328 g/mol. The van der Waals surface area contributed by atoms with Crippen LogP contribution in [0.1, 0.15) is 13.8 Å². The van der Waals surface area contributed by atoms with Gasteiger partial charge in [-0.05, 0) is 62.4 Å². The maximum Gasteiger partial charge on any atom is 0.250 e. The van der Waals surface area contributed by atoms with E-state index in [4.69, 9.17) is 0 Å². The molecule has 6 nitrogen and oxygen atoms in total. The van der Waals surface area contributed by atoms with Gasteiger partial charge >= 0.3 is 0 Å². The Balaban J connectivity index is 1.98. The Bertz CT molecular complexity index is 792. The van der Waals surface area contributed by atoms with Gasteiger partial charge < -0.3 is 10.6 Å². The van der Waals surface area contributed by atoms with Gasteiger partial charge in [0.15, 0.2) is 0 Å². The summed E-state index contributed by atoms with van der Waals surface area (Å²) in [5, 5.41) is 13.7. The van der Waals surface area contributed by atoms with Gasteiger partial charge in [-0.1, -0.05) is 13.2 Å². The van der Waals surface area contributed by atoms with Crippen molar-refractivity contribution >= 4 is 34.6 Å². The summed E-state index contributed by atoms with van der Waals surface area (Å²) in [6.07, 6.45) is 0. The predicted octanol–water partition coefficient (Wildman–Crippen LogP) is 5.13. The van der Waals surface area contributed by atoms with E-state index in [1.807, 2.05) is 0 Å². The van der Waals surface area contributed by atoms with E-state index in [9.17, 15) is 9.59 Å². The molecule has 0 fully saturated rings. The van der Waals surface area contributed by atoms with E-state index in [1.54, 1.807) is 62.4 Å². The molecule has 0 unspecified atom stereocenters. The normalized spacial score (nSPS) is 10.4. The quantitative estimate of drug-likeness (QED) is 0.560. The Morgan fingerprint density at radius 2 is 1.00 bits per heavy atom. The lowest BCUT2D eigenvalue weighted by Crippen LogP contribution is -2.11. The Morgan fingerprint density at radius 3 is 1.27 bits per heavy atom. The lowest BCUT2D eigenvalue weighted by atomic mass is 10.2. The first-order valence-corrected chi connectivity index (χ1v) is 7.91. The van der Waals surface area contributed by atoms with Crippen molar-refractivity contribution in [3.8, 4) is 0 Å². The number of hydrogen-bond acceptors (Lipinski definition) is 4. The van der Waals surface area contributed by atoms with Gasteiger partial charge in [0.05, 0.1) is 11.4 Å². The third-order valence-corrected chi connectivity index (χ3v) is 3.31. The van der Waals surface area contributed by atoms with E-state index in [0.717, 1.165) is 0 Å². The summed E-state index contributed by atoms with van der Waals surface area (Å²) in [4.78, 5) is 23.1. The number of nitrogens with one attached hydrogen (secondary N) is 2. The number of nitrogens with zero attached hydrogens (tertiary/aromatic N) is 2. The van der Waals surface area contributed by atoms with Gasteiger partial charge in [-0.2, -0.15) is 10.2 Å². The highest BCUT2D eigenvalue weighted by atomic mass is 16.2. The summed E-state index contributed by atoms with van der Waals surface area (Å²) in [5.41, 5.74) is 3.51. The average molecular weight is 348 g/mol. The van der Waals surface area contributed by atoms with E-state index >= 15 is 0 Å². The van der Waals surface area contributed by atoms with Crippen LogP contribution in [0.2, 0.25) is 0 Å². The zero-order valence-corrected chi connectivity index (χ0v) is 14.7. The van der Waals surface area contributed by atoms with Crippen molar-refractivity contribution in [1.29, 1.82) is 0 Å². The van der Waals surface area contributed by atoms with Gasteiger partial charge in [0.25, 0.3) is 11.8 Å². The van der Waals surface area contributed by atoms with Gasteiger partial charge in [0.2, 0.25) is 0 Å². The first-order chi connectivity index (χ1) is 12.3. The largest absolute Gasteiger partial charge is 0.322 e. The third kappa shape index (κ3) is 5.52. The summed E-state index contributed by atoms with van der Waals surface area (Å²) >= 11 is 0. The van der Waals surface area contributed by atoms with Crippen molar-refractivity contribution in [2.24, 2.45) is 10.2 Å². The fourth-order valence-corrected chi connectivity index (χ4v) is 1.81. The Morgan fingerprint density at radius 1 is 0.692 bits per heavy atom. The fourth-order valence-electron chi connectivity index (χ4n) is 1.81. The molecule has 2 amide bonds. The second-order valence-corrected chi connectivity index (χ2v) is 5.76. The molecule has 0 aliphatic rings. The maximum absolute atomic E-state index is 11.6. The van der Waals surface area contributed by atoms with Crippen LogP contribution in [0.15, 0.2) is 83.1 Å². The molecule has 0 atom stereocenters. The van der Waals surface area contributed by atoms with Crippen LogP contribution in [-0.4, -0.2) is 11.8 Å². The van der Waals surface area contributed by atoms with Gasteiger partial charge in [-0.25, -0.2) is 0 Å². The molecule has 2 N–H and O–H groups in total. The zero-order chi connectivity index (χ0) is 19.1. The first kappa shape index (κ1) is 18.8. The molecule has 0 radical (unpaired) electrons. The molecule has 0 spiro atoms. The van der Waals surface area contributed by atoms with Crippen molar-refractivity contribution in [3.63, 3.8) is 0 Å². The molecule has 2 rings (SSSR count). The van der Waals surface area contributed by atoms with Crippen LogP contribution in [0, 0.1) is 0 Å². The number of carbonyl (C=O) groups is 2. The number of hydrogen-bond donors (Lipinski definition) is 2. The van der Waals surface area contributed by atoms with Gasteiger partial charge in [-0.15, -0.1) is 0 Å². The van der Waals surface area contributed by atoms with Crippen LogP contribution < -0.4 is 10.6 Å². The number of benzene rings is 2. The Labute approximate surface area is 152 Å². The molecule has 6 heteroatoms. The minimum Gasteiger partial charge on any atom is -0.322 e. The summed E-state index contributed by atoms with van der Waals surface area (Å²) in [5.74, 6) is -0.448. The molecule has 0 aromatic heterocycles. The van der Waals surface area contributed by atoms with Crippen molar-refractivity contribution in [2.45, 2.75) is 13.8 Å². The van der Waals surface area contributed by atoms with Crippen molar-refractivity contribution in [1.82, 2.24) is 0 Å². The highest BCUT2D eigenvalue weighted by Gasteiger charge is 2.03. The minimum absolute atomic E-state index is 0.224. The van der Waals surface area contributed by atoms with Crippen LogP contribution in [0.25, 0.3) is 0 Å². The number of anilines is 2. The molecule has 0 bridgehead atoms. The summed E-state index contributed by atoms with van der Waals surface area (Å²) in [6, 6.07) is 14.0. The van der Waals surface area contributed by atoms with Crippen LogP contribution in [-0.2, 0) is 9.59 Å². The number of azo groups is 1. The monoisotopic (exact) mass is 348 g/mol. The van der Waals surface area contributed by atoms with E-state index in [0.29, 0.717) is 33.9 Å². The predicted molar refractivity (Wildman–Crippen MR) is 104 cm³/mol. The van der Waals surface area contributed by atoms with Crippen LogP contribution in [0.5, 0.6) is 0 Å². The number of rotatable bonds is 6. The third-order valence-electron chi connectivity index (χ3n) is 3.31. The van der Waals surface area contributed by atoms with E-state index in [-0.39, 0.29) is 11.8 Å². The lowest BCUT2D eigenvalue weighted by molar-refractivity contribution is -0.113. The summed E-state index contributed by atoms with van der Waals surface area (Å²) < 4.78 is 0. The zero-order valence-electron chi connectivity index (χ0n) is 14.7. The molecule has 2 aromatic rings. The highest BCUT2D eigenvalue weighted by molar-refractivity contribution is 6.03. The van der Waals surface area contributed by atoms with Crippen molar-refractivity contribution in [3.05, 3.63) is 72.8 Å². The Hall–Kier alpha value is -3.54. The summed E-state index contributed by atoms with van der Waals surface area (Å²) in [6.45, 7) is 10.5. The molecule has 0 saturated carbocycles. The molecule has 0 heterocycles. The average Bonchev–Trinajstić information content (AvgIpc) is 2.62. The highest BCUT2D eigenvalue weighted by Crippen LogP contribution is 2.22. The smallest absolute Gasteiger partial charge is 0.250 e. The minimum atomic E-state index is -0.224. The Kier molecular flexibility index (Phi) is 6.16. The second-order valence-electron chi connectivity index (χ2n) is 5.76. The number of amides is 2. The topological polar surface area (TPSA) is 82.9 Å². The molecule has 0 aliphatic heterocycles. The molecule has 26 heavy (non-hydrogen) atoms. The molecular formula is C20H20N4O2. The van der Waals surface area contributed by atoms with Crippen LogP contribution >= 0.6 is 0 Å². The first-order valence-electron chi connectivity index (χ1n) is 7.91. The van der Waals surface area contributed by atoms with Crippen LogP contribution in [0.3, 0.4) is 0 Å². The summed E-state index contributed by atoms with van der Waals surface area (Å²) in [7, 11) is 0. The fraction of sp³-hybridized carbons (Fsp3) is 0.100. The van der Waals surface area contributed by atoms with Crippen molar-refractivity contribution < 1.29 is 9.59 Å². The second kappa shape index (κ2) is 8.53. The number of carbonyl (C=O) groups excluding carboxylic acids is 2. The van der Waals surface area contributed by atoms with E-state index < -0.39 is 0 Å². The van der Waals surface area contributed by atoms with Gasteiger partial charge in [0.1, 0.15) is 0 Å². The van der Waals surface area contributed by atoms with Crippen LogP contribution in [0.4, 0.5) is 22.7 Å². The van der Waals surface area contributed by atoms with E-state index in [1.165, 1.54) is 0 Å². The van der Waals surface area contributed by atoms with Gasteiger partial charge in [0, 0.05) is 22.5 Å². The molecule has 0 saturated heterocycles. The SMILES string of the molecule is C=C(C)C(=O)Nc1ccc(N=Nc2ccc(NC(=O)C(=C)C)cc2)cc1.